The van der Waals surface area contributed by atoms with E-state index in [2.05, 4.69) is 12.1 Å². The summed E-state index contributed by atoms with van der Waals surface area (Å²) >= 11 is 0. The fraction of sp³-hybridized carbons (Fsp3) is 0.176. The van der Waals surface area contributed by atoms with Gasteiger partial charge in [-0.1, -0.05) is 0 Å². The quantitative estimate of drug-likeness (QED) is 0.344. The molecule has 21 heavy (non-hydrogen) atoms. The van der Waals surface area contributed by atoms with Gasteiger partial charge in [0.15, 0.2) is 0 Å². The van der Waals surface area contributed by atoms with Gasteiger partial charge in [-0.2, -0.15) is 36.4 Å². The summed E-state index contributed by atoms with van der Waals surface area (Å²) in [6, 6.07) is 21.4. The van der Waals surface area contributed by atoms with Crippen LogP contribution < -0.4 is 47.2 Å². The molecular formula is C17H14Li2O2. The smallest absolute Gasteiger partial charge is 0.512 e. The van der Waals surface area contributed by atoms with Crippen molar-refractivity contribution in [3.63, 3.8) is 0 Å². The largest absolute Gasteiger partial charge is 1.00 e. The third kappa shape index (κ3) is 5.35. The molecule has 0 aromatic heterocycles. The number of rotatable bonds is 4. The van der Waals surface area contributed by atoms with Crippen molar-refractivity contribution in [2.75, 3.05) is 0 Å². The predicted molar refractivity (Wildman–Crippen MR) is 73.1 cm³/mol. The molecule has 0 unspecified atom stereocenters. The molecule has 2 nitrogen and oxygen atoms in total. The van der Waals surface area contributed by atoms with Crippen molar-refractivity contribution in [1.82, 2.24) is 0 Å². The van der Waals surface area contributed by atoms with E-state index in [0.717, 1.165) is 17.9 Å². The number of hydrogen-bond acceptors (Lipinski definition) is 2. The maximum absolute atomic E-state index is 5.81. The van der Waals surface area contributed by atoms with Gasteiger partial charge >= 0.3 is 37.7 Å². The molecule has 0 heterocycles. The second-order valence-corrected chi connectivity index (χ2v) is 4.39. The van der Waals surface area contributed by atoms with Gasteiger partial charge in [-0.05, 0) is 12.2 Å². The zero-order chi connectivity index (χ0) is 12.9. The Morgan fingerprint density at radius 2 is 1.24 bits per heavy atom. The van der Waals surface area contributed by atoms with Crippen LogP contribution in [0.1, 0.15) is 6.42 Å². The molecule has 2 aromatic carbocycles. The molecule has 0 spiro atoms. The average Bonchev–Trinajstić information content (AvgIpc) is 2.88. The van der Waals surface area contributed by atoms with E-state index < -0.39 is 0 Å². The normalized spacial score (nSPS) is 19.2. The Balaban J connectivity index is 0.00000110. The van der Waals surface area contributed by atoms with Crippen molar-refractivity contribution in [1.29, 1.82) is 0 Å². The van der Waals surface area contributed by atoms with Crippen molar-refractivity contribution in [2.45, 2.75) is 18.6 Å². The van der Waals surface area contributed by atoms with Crippen LogP contribution in [0.15, 0.2) is 60.7 Å². The van der Waals surface area contributed by atoms with Crippen LogP contribution in [-0.2, 0) is 0 Å². The molecule has 0 bridgehead atoms. The second kappa shape index (κ2) is 9.09. The summed E-state index contributed by atoms with van der Waals surface area (Å²) in [5, 5.41) is 0. The average molecular weight is 264 g/mol. The minimum Gasteiger partial charge on any atom is -0.512 e. The number of benzene rings is 2. The Kier molecular flexibility index (Phi) is 7.80. The Morgan fingerprint density at radius 1 is 0.762 bits per heavy atom. The molecule has 0 radical (unpaired) electrons. The third-order valence-corrected chi connectivity index (χ3v) is 2.92. The van der Waals surface area contributed by atoms with E-state index in [1.165, 1.54) is 0 Å². The van der Waals surface area contributed by atoms with Gasteiger partial charge in [-0.15, -0.1) is 24.3 Å². The van der Waals surface area contributed by atoms with Crippen LogP contribution in [0, 0.1) is 12.1 Å². The van der Waals surface area contributed by atoms with Gasteiger partial charge in [-0.3, -0.25) is 0 Å². The van der Waals surface area contributed by atoms with Gasteiger partial charge in [0.1, 0.15) is 12.2 Å². The SMILES string of the molecule is [Li+].[Li+].[c-]1ccccc1O[C@@H]1C=C[C@H](Oc2[c-]cccc2)C1. The first-order valence-corrected chi connectivity index (χ1v) is 6.35. The minimum atomic E-state index is 0. The molecule has 3 rings (SSSR count). The van der Waals surface area contributed by atoms with Gasteiger partial charge in [-0.25, -0.2) is 0 Å². The molecule has 0 fully saturated rings. The maximum Gasteiger partial charge on any atom is 1.00 e. The summed E-state index contributed by atoms with van der Waals surface area (Å²) in [6.07, 6.45) is 4.98. The molecule has 0 N–H and O–H groups in total. The summed E-state index contributed by atoms with van der Waals surface area (Å²) in [5.41, 5.74) is 0. The van der Waals surface area contributed by atoms with E-state index in [9.17, 15) is 0 Å². The molecule has 0 amide bonds. The van der Waals surface area contributed by atoms with Crippen LogP contribution in [0.2, 0.25) is 0 Å². The van der Waals surface area contributed by atoms with Crippen molar-refractivity contribution in [3.8, 4) is 11.5 Å². The molecule has 4 heteroatoms. The monoisotopic (exact) mass is 264 g/mol. The molecule has 0 aliphatic heterocycles. The van der Waals surface area contributed by atoms with E-state index in [1.54, 1.807) is 0 Å². The van der Waals surface area contributed by atoms with Crippen LogP contribution in [0.3, 0.4) is 0 Å². The van der Waals surface area contributed by atoms with Crippen LogP contribution in [0.4, 0.5) is 0 Å². The summed E-state index contributed by atoms with van der Waals surface area (Å²) in [5.74, 6) is 1.54. The number of hydrogen-bond donors (Lipinski definition) is 0. The third-order valence-electron chi connectivity index (χ3n) is 2.92. The van der Waals surface area contributed by atoms with Crippen LogP contribution >= 0.6 is 0 Å². The minimum absolute atomic E-state index is 0. The zero-order valence-corrected chi connectivity index (χ0v) is 12.5. The van der Waals surface area contributed by atoms with Gasteiger partial charge in [0.05, 0.1) is 0 Å². The molecule has 0 saturated heterocycles. The summed E-state index contributed by atoms with van der Waals surface area (Å²) in [7, 11) is 0. The van der Waals surface area contributed by atoms with E-state index in [1.807, 2.05) is 60.7 Å². The van der Waals surface area contributed by atoms with E-state index in [-0.39, 0.29) is 49.9 Å². The first-order chi connectivity index (χ1) is 9.40. The van der Waals surface area contributed by atoms with Crippen molar-refractivity contribution < 1.29 is 47.2 Å². The summed E-state index contributed by atoms with van der Waals surface area (Å²) in [4.78, 5) is 0. The maximum atomic E-state index is 5.81. The van der Waals surface area contributed by atoms with Crippen molar-refractivity contribution in [3.05, 3.63) is 72.8 Å². The zero-order valence-electron chi connectivity index (χ0n) is 12.5. The van der Waals surface area contributed by atoms with Crippen LogP contribution in [0.5, 0.6) is 11.5 Å². The Morgan fingerprint density at radius 3 is 1.62 bits per heavy atom. The van der Waals surface area contributed by atoms with E-state index >= 15 is 0 Å². The summed E-state index contributed by atoms with van der Waals surface area (Å²) in [6.45, 7) is 0. The molecule has 1 aliphatic rings. The van der Waals surface area contributed by atoms with Crippen molar-refractivity contribution >= 4 is 0 Å². The Labute approximate surface area is 149 Å². The Bertz CT molecular complexity index is 494. The van der Waals surface area contributed by atoms with Gasteiger partial charge in [0.2, 0.25) is 0 Å². The first-order valence-electron chi connectivity index (χ1n) is 6.35. The first kappa shape index (κ1) is 18.0. The standard InChI is InChI=1S/C17H14O2.2Li/c1-3-7-14(8-4-1)18-16-11-12-17(13-16)19-15-9-5-2-6-10-15;;/h1-7,9,11-12,16-17H,13H2;;/q-2;2*+1/t16-,17+;;. The molecule has 2 atom stereocenters. The van der Waals surface area contributed by atoms with E-state index in [4.69, 9.17) is 9.47 Å². The number of ether oxygens (including phenoxy) is 2. The predicted octanol–water partition coefficient (Wildman–Crippen LogP) is -2.55. The molecule has 96 valence electrons. The van der Waals surface area contributed by atoms with Crippen molar-refractivity contribution in [2.24, 2.45) is 0 Å². The molecule has 2 aromatic rings. The molecule has 1 aliphatic carbocycles. The summed E-state index contributed by atoms with van der Waals surface area (Å²) < 4.78 is 11.6. The van der Waals surface area contributed by atoms with Gasteiger partial charge < -0.3 is 9.47 Å². The van der Waals surface area contributed by atoms with Crippen LogP contribution in [-0.4, -0.2) is 12.2 Å². The van der Waals surface area contributed by atoms with E-state index in [0.29, 0.717) is 0 Å². The van der Waals surface area contributed by atoms with Gasteiger partial charge in [0, 0.05) is 17.9 Å². The number of para-hydroxylation sites is 2. The van der Waals surface area contributed by atoms with Gasteiger partial charge in [0.25, 0.3) is 0 Å². The topological polar surface area (TPSA) is 18.5 Å². The molecule has 0 saturated carbocycles. The molecular weight excluding hydrogens is 250 g/mol. The second-order valence-electron chi connectivity index (χ2n) is 4.39. The van der Waals surface area contributed by atoms with Crippen LogP contribution in [0.25, 0.3) is 0 Å². The fourth-order valence-electron chi connectivity index (χ4n) is 2.04. The fourth-order valence-corrected chi connectivity index (χ4v) is 2.04. The Hall–Kier alpha value is -1.03.